The molecule has 0 aliphatic heterocycles. The van der Waals surface area contributed by atoms with Gasteiger partial charge in [0.1, 0.15) is 0 Å². The summed E-state index contributed by atoms with van der Waals surface area (Å²) in [4.78, 5) is 12.8. The molecule has 0 spiro atoms. The van der Waals surface area contributed by atoms with Gasteiger partial charge in [0, 0.05) is 10.7 Å². The molecule has 2 aromatic carbocycles. The quantitative estimate of drug-likeness (QED) is 0.874. The van der Waals surface area contributed by atoms with E-state index < -0.39 is 0 Å². The van der Waals surface area contributed by atoms with Crippen molar-refractivity contribution in [2.24, 2.45) is 0 Å². The van der Waals surface area contributed by atoms with Gasteiger partial charge in [0.25, 0.3) is 0 Å². The van der Waals surface area contributed by atoms with Crippen LogP contribution in [0.3, 0.4) is 0 Å². The molecule has 0 aromatic heterocycles. The summed E-state index contributed by atoms with van der Waals surface area (Å²) in [5.74, 6) is 0.0744. The average molecular weight is 300 g/mol. The lowest BCUT2D eigenvalue weighted by molar-refractivity contribution is -0.124. The maximum absolute atomic E-state index is 12.8. The molecule has 0 radical (unpaired) electrons. The van der Waals surface area contributed by atoms with Crippen LogP contribution in [-0.2, 0) is 10.2 Å². The van der Waals surface area contributed by atoms with E-state index in [-0.39, 0.29) is 11.3 Å². The Hall–Kier alpha value is -1.80. The van der Waals surface area contributed by atoms with Crippen LogP contribution in [0.1, 0.15) is 30.4 Å². The Morgan fingerprint density at radius 3 is 2.48 bits per heavy atom. The van der Waals surface area contributed by atoms with Crippen molar-refractivity contribution in [3.8, 4) is 0 Å². The molecule has 2 aromatic rings. The molecule has 3 rings (SSSR count). The summed E-state index contributed by atoms with van der Waals surface area (Å²) < 4.78 is 0. The lowest BCUT2D eigenvalue weighted by Gasteiger charge is -2.40. The van der Waals surface area contributed by atoms with Crippen LogP contribution >= 0.6 is 11.6 Å². The molecule has 1 aliphatic carbocycles. The molecular weight excluding hydrogens is 282 g/mol. The highest BCUT2D eigenvalue weighted by Crippen LogP contribution is 2.44. The van der Waals surface area contributed by atoms with Crippen LogP contribution in [0.5, 0.6) is 0 Å². The van der Waals surface area contributed by atoms with Gasteiger partial charge in [0.05, 0.1) is 5.41 Å². The second kappa shape index (κ2) is 5.53. The number of carbonyl (C=O) groups excluding carboxylic acids is 1. The third-order valence-electron chi connectivity index (χ3n) is 4.42. The van der Waals surface area contributed by atoms with Crippen molar-refractivity contribution >= 4 is 23.2 Å². The van der Waals surface area contributed by atoms with Gasteiger partial charge in [-0.15, -0.1) is 0 Å². The number of hydrogen-bond donors (Lipinski definition) is 1. The topological polar surface area (TPSA) is 29.1 Å². The smallest absolute Gasteiger partial charge is 0.235 e. The molecule has 3 heteroatoms. The van der Waals surface area contributed by atoms with Gasteiger partial charge in [-0.1, -0.05) is 54.4 Å². The van der Waals surface area contributed by atoms with Gasteiger partial charge in [0.15, 0.2) is 0 Å². The number of anilines is 1. The summed E-state index contributed by atoms with van der Waals surface area (Å²) in [5, 5.41) is 3.71. The fraction of sp³-hybridized carbons (Fsp3) is 0.278. The predicted molar refractivity (Wildman–Crippen MR) is 86.8 cm³/mol. The molecule has 1 aliphatic rings. The van der Waals surface area contributed by atoms with Crippen LogP contribution in [0.4, 0.5) is 5.69 Å². The Kier molecular flexibility index (Phi) is 3.73. The van der Waals surface area contributed by atoms with E-state index in [0.717, 1.165) is 36.1 Å². The first kappa shape index (κ1) is 14.2. The predicted octanol–water partition coefficient (Wildman–Crippen LogP) is 4.71. The molecule has 21 heavy (non-hydrogen) atoms. The van der Waals surface area contributed by atoms with Gasteiger partial charge < -0.3 is 5.32 Å². The van der Waals surface area contributed by atoms with Crippen molar-refractivity contribution in [3.63, 3.8) is 0 Å². The Balaban J connectivity index is 1.89. The van der Waals surface area contributed by atoms with Gasteiger partial charge in [0.2, 0.25) is 5.91 Å². The highest BCUT2D eigenvalue weighted by Gasteiger charge is 2.45. The van der Waals surface area contributed by atoms with Crippen LogP contribution in [0.15, 0.2) is 48.5 Å². The molecule has 0 unspecified atom stereocenters. The molecular formula is C18H18ClNO. The van der Waals surface area contributed by atoms with Gasteiger partial charge >= 0.3 is 0 Å². The van der Waals surface area contributed by atoms with Crippen LogP contribution < -0.4 is 5.32 Å². The second-order valence-electron chi connectivity index (χ2n) is 5.72. The zero-order chi connectivity index (χ0) is 14.9. The maximum Gasteiger partial charge on any atom is 0.235 e. The summed E-state index contributed by atoms with van der Waals surface area (Å²) in [6.45, 7) is 1.97. The van der Waals surface area contributed by atoms with Crippen molar-refractivity contribution in [2.45, 2.75) is 31.6 Å². The Bertz CT molecular complexity index is 662. The summed E-state index contributed by atoms with van der Waals surface area (Å²) in [6, 6.07) is 15.6. The third kappa shape index (κ3) is 2.56. The fourth-order valence-electron chi connectivity index (χ4n) is 2.91. The molecule has 108 valence electrons. The first-order chi connectivity index (χ1) is 10.1. The van der Waals surface area contributed by atoms with Crippen molar-refractivity contribution < 1.29 is 4.79 Å². The molecule has 1 N–H and O–H groups in total. The number of amides is 1. The Morgan fingerprint density at radius 2 is 1.86 bits per heavy atom. The maximum atomic E-state index is 12.8. The minimum absolute atomic E-state index is 0.0744. The number of aryl methyl sites for hydroxylation is 1. The first-order valence-electron chi connectivity index (χ1n) is 7.25. The number of carbonyl (C=O) groups is 1. The fourth-order valence-corrected chi connectivity index (χ4v) is 3.08. The standard InChI is InChI=1S/C18H18ClNO/c1-13-8-9-15(19)12-16(13)20-17(21)18(10-5-11-18)14-6-3-2-4-7-14/h2-4,6-9,12H,5,10-11H2,1H3,(H,20,21). The summed E-state index contributed by atoms with van der Waals surface area (Å²) in [6.07, 6.45) is 2.90. The number of rotatable bonds is 3. The summed E-state index contributed by atoms with van der Waals surface area (Å²) >= 11 is 6.03. The van der Waals surface area contributed by atoms with Crippen LogP contribution in [0.25, 0.3) is 0 Å². The highest BCUT2D eigenvalue weighted by molar-refractivity contribution is 6.31. The van der Waals surface area contributed by atoms with E-state index in [4.69, 9.17) is 11.6 Å². The first-order valence-corrected chi connectivity index (χ1v) is 7.63. The summed E-state index contributed by atoms with van der Waals surface area (Å²) in [7, 11) is 0. The zero-order valence-corrected chi connectivity index (χ0v) is 12.8. The van der Waals surface area contributed by atoms with E-state index >= 15 is 0 Å². The minimum Gasteiger partial charge on any atom is -0.325 e. The highest BCUT2D eigenvalue weighted by atomic mass is 35.5. The van der Waals surface area contributed by atoms with Gasteiger partial charge in [-0.25, -0.2) is 0 Å². The monoisotopic (exact) mass is 299 g/mol. The van der Waals surface area contributed by atoms with E-state index in [2.05, 4.69) is 5.32 Å². The Labute approximate surface area is 130 Å². The minimum atomic E-state index is -0.379. The SMILES string of the molecule is Cc1ccc(Cl)cc1NC(=O)C1(c2ccccc2)CCC1. The van der Waals surface area contributed by atoms with Crippen LogP contribution in [0.2, 0.25) is 5.02 Å². The van der Waals surface area contributed by atoms with Crippen molar-refractivity contribution in [3.05, 3.63) is 64.7 Å². The lowest BCUT2D eigenvalue weighted by Crippen LogP contribution is -2.46. The number of hydrogen-bond acceptors (Lipinski definition) is 1. The lowest BCUT2D eigenvalue weighted by atomic mass is 9.64. The second-order valence-corrected chi connectivity index (χ2v) is 6.15. The molecule has 0 bridgehead atoms. The van der Waals surface area contributed by atoms with E-state index in [0.29, 0.717) is 5.02 Å². The Morgan fingerprint density at radius 1 is 1.14 bits per heavy atom. The number of nitrogens with one attached hydrogen (secondary N) is 1. The molecule has 1 saturated carbocycles. The normalized spacial score (nSPS) is 16.1. The van der Waals surface area contributed by atoms with Crippen molar-refractivity contribution in [1.29, 1.82) is 0 Å². The van der Waals surface area contributed by atoms with Gasteiger partial charge in [-0.2, -0.15) is 0 Å². The molecule has 2 nitrogen and oxygen atoms in total. The van der Waals surface area contributed by atoms with Gasteiger partial charge in [-0.3, -0.25) is 4.79 Å². The number of benzene rings is 2. The molecule has 0 atom stereocenters. The van der Waals surface area contributed by atoms with Crippen LogP contribution in [-0.4, -0.2) is 5.91 Å². The van der Waals surface area contributed by atoms with E-state index in [9.17, 15) is 4.79 Å². The van der Waals surface area contributed by atoms with Gasteiger partial charge in [-0.05, 0) is 43.0 Å². The van der Waals surface area contributed by atoms with Crippen molar-refractivity contribution in [1.82, 2.24) is 0 Å². The molecule has 1 amide bonds. The van der Waals surface area contributed by atoms with E-state index in [1.54, 1.807) is 0 Å². The van der Waals surface area contributed by atoms with E-state index in [1.807, 2.05) is 55.5 Å². The van der Waals surface area contributed by atoms with Crippen molar-refractivity contribution in [2.75, 3.05) is 5.32 Å². The molecule has 1 fully saturated rings. The summed E-state index contributed by atoms with van der Waals surface area (Å²) in [5.41, 5.74) is 2.55. The average Bonchev–Trinajstić information content (AvgIpc) is 2.43. The molecule has 0 heterocycles. The van der Waals surface area contributed by atoms with Crippen LogP contribution in [0, 0.1) is 6.92 Å². The number of halogens is 1. The largest absolute Gasteiger partial charge is 0.325 e. The van der Waals surface area contributed by atoms with E-state index in [1.165, 1.54) is 0 Å². The zero-order valence-electron chi connectivity index (χ0n) is 12.0. The molecule has 0 saturated heterocycles. The third-order valence-corrected chi connectivity index (χ3v) is 4.65.